The van der Waals surface area contributed by atoms with Gasteiger partial charge in [-0.3, -0.25) is 4.98 Å². The van der Waals surface area contributed by atoms with Gasteiger partial charge >= 0.3 is 0 Å². The van der Waals surface area contributed by atoms with Gasteiger partial charge in [0.15, 0.2) is 0 Å². The lowest BCUT2D eigenvalue weighted by atomic mass is 9.77. The van der Waals surface area contributed by atoms with Crippen LogP contribution in [-0.2, 0) is 20.5 Å². The van der Waals surface area contributed by atoms with Crippen molar-refractivity contribution in [1.82, 2.24) is 4.98 Å². The minimum Gasteiger partial charge on any atom is -0.254 e. The molecule has 2 atom stereocenters. The highest BCUT2D eigenvalue weighted by Gasteiger charge is 2.53. The fraction of sp³-hybridized carbons (Fsp3) is 0.542. The summed E-state index contributed by atoms with van der Waals surface area (Å²) < 4.78 is 0. The number of nitrogens with zero attached hydrogens (tertiary/aromatic N) is 2. The lowest BCUT2D eigenvalue weighted by Crippen LogP contribution is -2.41. The molecule has 1 saturated heterocycles. The van der Waals surface area contributed by atoms with E-state index in [1.165, 1.54) is 35.6 Å². The van der Waals surface area contributed by atoms with Crippen molar-refractivity contribution in [3.05, 3.63) is 47.7 Å². The molecule has 0 amide bonds. The molecule has 0 N–H and O–H groups in total. The molecule has 1 aromatic carbocycles. The first-order valence-electron chi connectivity index (χ1n) is 10.3. The zero-order valence-electron chi connectivity index (χ0n) is 17.8. The maximum absolute atomic E-state index is 5.99. The second-order valence-electron chi connectivity index (χ2n) is 10.4. The summed E-state index contributed by atoms with van der Waals surface area (Å²) in [5.41, 5.74) is 5.93. The Morgan fingerprint density at radius 1 is 0.821 bits per heavy atom. The third kappa shape index (κ3) is 2.40. The van der Waals surface area contributed by atoms with Crippen LogP contribution in [0.25, 0.3) is 11.3 Å². The van der Waals surface area contributed by atoms with E-state index in [2.05, 4.69) is 38.1 Å². The van der Waals surface area contributed by atoms with Gasteiger partial charge in [0.1, 0.15) is 16.9 Å². The summed E-state index contributed by atoms with van der Waals surface area (Å²) in [4.78, 5) is 16.7. The molecular weight excluding hydrogens is 348 g/mol. The number of hydrogen-bond donors (Lipinski definition) is 0. The molecule has 2 aromatic rings. The summed E-state index contributed by atoms with van der Waals surface area (Å²) in [5, 5.41) is 1.50. The van der Waals surface area contributed by atoms with Gasteiger partial charge in [0.25, 0.3) is 0 Å². The predicted octanol–water partition coefficient (Wildman–Crippen LogP) is 5.70. The fourth-order valence-corrected chi connectivity index (χ4v) is 5.20. The topological polar surface area (TPSA) is 34.6 Å². The Kier molecular flexibility index (Phi) is 3.48. The van der Waals surface area contributed by atoms with Gasteiger partial charge in [0, 0.05) is 5.56 Å². The Labute approximate surface area is 167 Å². The SMILES string of the molecule is CC12CCC(C)(C1)c1cc(-c3ccc(N4OC(C)(C)C(C)(C)O4)cn3)ccc12. The standard InChI is InChI=1S/C24H30N2O2/c1-21(2)22(3,4)28-26(27-21)17-8-10-20(25-14-17)16-7-9-18-19(13-16)24(6)12-11-23(18,5)15-24/h7-10,13-14H,11-12,15H2,1-6H3. The first kappa shape index (κ1) is 18.1. The summed E-state index contributed by atoms with van der Waals surface area (Å²) in [6.45, 7) is 13.0. The van der Waals surface area contributed by atoms with E-state index >= 15 is 0 Å². The minimum absolute atomic E-state index is 0.328. The van der Waals surface area contributed by atoms with E-state index in [0.29, 0.717) is 10.8 Å². The molecule has 1 aliphatic heterocycles. The van der Waals surface area contributed by atoms with Gasteiger partial charge in [0.05, 0.1) is 11.9 Å². The molecule has 28 heavy (non-hydrogen) atoms. The average Bonchev–Trinajstić information content (AvgIpc) is 3.16. The van der Waals surface area contributed by atoms with Gasteiger partial charge in [-0.25, -0.2) is 9.68 Å². The fourth-order valence-electron chi connectivity index (χ4n) is 5.20. The molecule has 3 aliphatic rings. The number of anilines is 1. The lowest BCUT2D eigenvalue weighted by molar-refractivity contribution is -0.0274. The lowest BCUT2D eigenvalue weighted by Gasteiger charge is -2.27. The van der Waals surface area contributed by atoms with Crippen molar-refractivity contribution in [2.45, 2.75) is 82.8 Å². The van der Waals surface area contributed by atoms with E-state index in [-0.39, 0.29) is 0 Å². The van der Waals surface area contributed by atoms with Crippen LogP contribution in [0.3, 0.4) is 0 Å². The molecule has 5 rings (SSSR count). The summed E-state index contributed by atoms with van der Waals surface area (Å²) in [6.07, 6.45) is 5.71. The van der Waals surface area contributed by atoms with E-state index in [0.717, 1.165) is 11.4 Å². The van der Waals surface area contributed by atoms with Crippen LogP contribution in [0.2, 0.25) is 0 Å². The number of fused-ring (bicyclic) bond motifs is 5. The maximum atomic E-state index is 5.99. The van der Waals surface area contributed by atoms with Crippen molar-refractivity contribution in [1.29, 1.82) is 0 Å². The van der Waals surface area contributed by atoms with Crippen LogP contribution in [0.5, 0.6) is 0 Å². The van der Waals surface area contributed by atoms with Crippen LogP contribution in [0, 0.1) is 0 Å². The number of benzene rings is 1. The highest BCUT2D eigenvalue weighted by Crippen LogP contribution is 2.60. The molecule has 0 spiro atoms. The monoisotopic (exact) mass is 378 g/mol. The van der Waals surface area contributed by atoms with Crippen molar-refractivity contribution < 1.29 is 9.68 Å². The van der Waals surface area contributed by atoms with E-state index in [1.807, 2.05) is 40.0 Å². The van der Waals surface area contributed by atoms with Crippen LogP contribution in [-0.4, -0.2) is 16.2 Å². The smallest absolute Gasteiger partial charge is 0.124 e. The maximum Gasteiger partial charge on any atom is 0.124 e. The summed E-state index contributed by atoms with van der Waals surface area (Å²) in [7, 11) is 0. The summed E-state index contributed by atoms with van der Waals surface area (Å²) in [5.74, 6) is 0. The molecule has 2 fully saturated rings. The first-order valence-corrected chi connectivity index (χ1v) is 10.3. The Bertz CT molecular complexity index is 934. The molecule has 4 heteroatoms. The van der Waals surface area contributed by atoms with Gasteiger partial charge in [0.2, 0.25) is 0 Å². The van der Waals surface area contributed by atoms with E-state index in [1.54, 1.807) is 5.56 Å². The van der Waals surface area contributed by atoms with Crippen LogP contribution in [0.15, 0.2) is 36.5 Å². The summed E-state index contributed by atoms with van der Waals surface area (Å²) in [6, 6.07) is 11.0. The Balaban J connectivity index is 1.44. The van der Waals surface area contributed by atoms with Crippen molar-refractivity contribution >= 4 is 5.69 Å². The van der Waals surface area contributed by atoms with Crippen molar-refractivity contribution in [2.75, 3.05) is 5.23 Å². The first-order chi connectivity index (χ1) is 13.0. The van der Waals surface area contributed by atoms with E-state index in [9.17, 15) is 0 Å². The van der Waals surface area contributed by atoms with Gasteiger partial charge in [-0.05, 0) is 87.1 Å². The van der Waals surface area contributed by atoms with Gasteiger partial charge < -0.3 is 0 Å². The number of pyridine rings is 1. The third-order valence-corrected chi connectivity index (χ3v) is 7.66. The quantitative estimate of drug-likeness (QED) is 0.671. The van der Waals surface area contributed by atoms with E-state index in [4.69, 9.17) is 14.7 Å². The van der Waals surface area contributed by atoms with Crippen LogP contribution in [0.1, 0.15) is 71.9 Å². The number of aromatic nitrogens is 1. The second-order valence-corrected chi connectivity index (χ2v) is 10.4. The van der Waals surface area contributed by atoms with Gasteiger partial charge in [-0.2, -0.15) is 0 Å². The van der Waals surface area contributed by atoms with Crippen molar-refractivity contribution in [3.63, 3.8) is 0 Å². The highest BCUT2D eigenvalue weighted by atomic mass is 17.0. The minimum atomic E-state index is -0.406. The number of rotatable bonds is 2. The normalized spacial score (nSPS) is 32.0. The van der Waals surface area contributed by atoms with Crippen molar-refractivity contribution in [3.8, 4) is 11.3 Å². The highest BCUT2D eigenvalue weighted by molar-refractivity contribution is 5.65. The molecule has 2 unspecified atom stereocenters. The second kappa shape index (κ2) is 5.37. The molecule has 148 valence electrons. The largest absolute Gasteiger partial charge is 0.254 e. The molecule has 4 nitrogen and oxygen atoms in total. The Morgan fingerprint density at radius 3 is 2.07 bits per heavy atom. The Morgan fingerprint density at radius 2 is 1.46 bits per heavy atom. The molecule has 1 aromatic heterocycles. The molecule has 2 heterocycles. The van der Waals surface area contributed by atoms with Gasteiger partial charge in [-0.15, -0.1) is 5.23 Å². The average molecular weight is 379 g/mol. The Hall–Kier alpha value is -1.91. The van der Waals surface area contributed by atoms with Crippen LogP contribution in [0.4, 0.5) is 5.69 Å². The molecular formula is C24H30N2O2. The number of hydrogen-bond acceptors (Lipinski definition) is 4. The predicted molar refractivity (Wildman–Crippen MR) is 111 cm³/mol. The molecule has 1 saturated carbocycles. The molecule has 0 radical (unpaired) electrons. The van der Waals surface area contributed by atoms with Gasteiger partial charge in [-0.1, -0.05) is 26.0 Å². The molecule has 2 bridgehead atoms. The molecule has 2 aliphatic carbocycles. The third-order valence-electron chi connectivity index (χ3n) is 7.66. The zero-order valence-corrected chi connectivity index (χ0v) is 17.8. The van der Waals surface area contributed by atoms with E-state index < -0.39 is 11.2 Å². The van der Waals surface area contributed by atoms with Crippen LogP contribution >= 0.6 is 0 Å². The van der Waals surface area contributed by atoms with Crippen molar-refractivity contribution in [2.24, 2.45) is 0 Å². The summed E-state index contributed by atoms with van der Waals surface area (Å²) >= 11 is 0. The zero-order chi connectivity index (χ0) is 19.9. The van der Waals surface area contributed by atoms with Crippen LogP contribution < -0.4 is 5.23 Å².